The maximum Gasteiger partial charge on any atom is 0.355 e. The number of rotatable bonds is 11. The molecule has 7 rings (SSSR count). The van der Waals surface area contributed by atoms with Crippen LogP contribution >= 0.6 is 0 Å². The smallest absolute Gasteiger partial charge is 0.355 e. The number of nitrogens with zero attached hydrogens (tertiary/aromatic N) is 3. The van der Waals surface area contributed by atoms with Crippen molar-refractivity contribution in [1.29, 1.82) is 0 Å². The Bertz CT molecular complexity index is 1850. The highest BCUT2D eigenvalue weighted by Crippen LogP contribution is 2.47. The Hall–Kier alpha value is -4.14. The predicted octanol–water partition coefficient (Wildman–Crippen LogP) is 7.68. The Morgan fingerprint density at radius 3 is 2.67 bits per heavy atom. The molecule has 3 aromatic carbocycles. The normalized spacial score (nSPS) is 15.1. The fourth-order valence-corrected chi connectivity index (χ4v) is 6.95. The fourth-order valence-electron chi connectivity index (χ4n) is 6.95. The molecule has 1 aliphatic heterocycles. The number of esters is 1. The van der Waals surface area contributed by atoms with Crippen molar-refractivity contribution in [2.24, 2.45) is 0 Å². The van der Waals surface area contributed by atoms with Gasteiger partial charge in [-0.1, -0.05) is 54.6 Å². The second kappa shape index (κ2) is 13.7. The summed E-state index contributed by atoms with van der Waals surface area (Å²) in [5.74, 6) is 1.06. The lowest BCUT2D eigenvalue weighted by Gasteiger charge is -2.14. The van der Waals surface area contributed by atoms with Crippen molar-refractivity contribution in [3.63, 3.8) is 0 Å². The summed E-state index contributed by atoms with van der Waals surface area (Å²) < 4.78 is 28.1. The summed E-state index contributed by atoms with van der Waals surface area (Å²) in [4.78, 5) is 13.8. The van der Waals surface area contributed by atoms with Gasteiger partial charge in [-0.05, 0) is 62.5 Å². The van der Waals surface area contributed by atoms with Crippen LogP contribution in [0.25, 0.3) is 32.8 Å². The van der Waals surface area contributed by atoms with E-state index in [-0.39, 0.29) is 5.97 Å². The maximum absolute atomic E-state index is 13.8. The van der Waals surface area contributed by atoms with E-state index in [1.165, 1.54) is 0 Å². The van der Waals surface area contributed by atoms with Gasteiger partial charge in [0.05, 0.1) is 49.9 Å². The van der Waals surface area contributed by atoms with E-state index in [0.29, 0.717) is 64.2 Å². The van der Waals surface area contributed by atoms with Crippen LogP contribution in [0, 0.1) is 0 Å². The van der Waals surface area contributed by atoms with E-state index in [1.54, 1.807) is 7.11 Å². The lowest BCUT2D eigenvalue weighted by molar-refractivity contribution is 0.0512. The van der Waals surface area contributed by atoms with Crippen molar-refractivity contribution in [3.05, 3.63) is 83.3 Å². The Morgan fingerprint density at radius 1 is 1.00 bits per heavy atom. The van der Waals surface area contributed by atoms with Crippen LogP contribution in [0.2, 0.25) is 0 Å². The van der Waals surface area contributed by atoms with Crippen LogP contribution in [-0.4, -0.2) is 53.9 Å². The van der Waals surface area contributed by atoms with Crippen LogP contribution in [0.3, 0.4) is 0 Å². The molecule has 3 heterocycles. The summed E-state index contributed by atoms with van der Waals surface area (Å²) in [6.45, 7) is 5.86. The van der Waals surface area contributed by atoms with Crippen LogP contribution in [0.1, 0.15) is 72.4 Å². The molecule has 8 nitrogen and oxygen atoms in total. The number of carbonyl (C=O) groups is 1. The maximum atomic E-state index is 13.8. The molecule has 0 N–H and O–H groups in total. The first-order valence-electron chi connectivity index (χ1n) is 16.8. The molecule has 0 bridgehead atoms. The summed E-state index contributed by atoms with van der Waals surface area (Å²) in [5.41, 5.74) is 7.29. The van der Waals surface area contributed by atoms with Gasteiger partial charge >= 0.3 is 5.97 Å². The summed E-state index contributed by atoms with van der Waals surface area (Å²) in [6, 6.07) is 20.9. The van der Waals surface area contributed by atoms with Crippen LogP contribution in [0.15, 0.2) is 60.7 Å². The number of aromatic nitrogens is 3. The molecule has 0 unspecified atom stereocenters. The summed E-state index contributed by atoms with van der Waals surface area (Å²) in [6.07, 6.45) is 5.54. The van der Waals surface area contributed by atoms with Gasteiger partial charge in [0.2, 0.25) is 0 Å². The average molecular weight is 622 g/mol. The topological polar surface area (TPSA) is 76.7 Å². The Balaban J connectivity index is 1.32. The number of ether oxygens (including phenoxy) is 4. The van der Waals surface area contributed by atoms with Crippen LogP contribution in [-0.2, 0) is 40.3 Å². The molecular formula is C38H43N3O5. The lowest BCUT2D eigenvalue weighted by Crippen LogP contribution is -2.15. The first kappa shape index (κ1) is 30.5. The Labute approximate surface area is 270 Å². The van der Waals surface area contributed by atoms with E-state index in [1.807, 2.05) is 31.2 Å². The molecule has 0 radical (unpaired) electrons. The average Bonchev–Trinajstić information content (AvgIpc) is 3.79. The van der Waals surface area contributed by atoms with Crippen molar-refractivity contribution in [2.75, 3.05) is 33.5 Å². The third-order valence-corrected chi connectivity index (χ3v) is 9.22. The molecule has 8 heteroatoms. The third-order valence-electron chi connectivity index (χ3n) is 9.22. The van der Waals surface area contributed by atoms with E-state index >= 15 is 0 Å². The fraction of sp³-hybridized carbons (Fsp3) is 0.421. The molecule has 0 amide bonds. The van der Waals surface area contributed by atoms with Gasteiger partial charge in [-0.25, -0.2) is 4.79 Å². The SMILES string of the molecule is CCOC(=O)c1c(CCCOc2cccc3ccccc23)c2cccc3c2n1CCCCOCc1c-3c(C2CC2)nn1CCOC. The molecule has 46 heavy (non-hydrogen) atoms. The first-order valence-corrected chi connectivity index (χ1v) is 16.8. The molecule has 1 saturated carbocycles. The van der Waals surface area contributed by atoms with E-state index in [2.05, 4.69) is 45.6 Å². The monoisotopic (exact) mass is 621 g/mol. The van der Waals surface area contributed by atoms with Gasteiger partial charge in [0.15, 0.2) is 0 Å². The molecular weight excluding hydrogens is 578 g/mol. The molecule has 0 saturated heterocycles. The largest absolute Gasteiger partial charge is 0.493 e. The minimum atomic E-state index is -0.265. The minimum absolute atomic E-state index is 0.265. The van der Waals surface area contributed by atoms with Crippen molar-refractivity contribution >= 4 is 27.6 Å². The number of fused-ring (bicyclic) bond motifs is 3. The summed E-state index contributed by atoms with van der Waals surface area (Å²) in [7, 11) is 1.73. The molecule has 0 atom stereocenters. The standard InChI is InChI=1S/C38H43N3O5/c1-3-45-38(42)37-30(16-10-23-46-33-17-8-12-26-11-4-5-13-28(26)33)29-14-9-15-31-34-32(25-44-22-7-6-20-40(37)36(29)31)41(21-24-43-2)39-35(34)27-18-19-27/h4-5,8-9,11-15,17,27H,3,6-7,10,16,18-25H2,1-2H3. The number of aryl methyl sites for hydroxylation is 2. The summed E-state index contributed by atoms with van der Waals surface area (Å²) in [5, 5.41) is 8.53. The molecule has 1 aliphatic carbocycles. The van der Waals surface area contributed by atoms with Gasteiger partial charge in [-0.2, -0.15) is 5.10 Å². The number of benzene rings is 3. The van der Waals surface area contributed by atoms with E-state index in [9.17, 15) is 4.79 Å². The quantitative estimate of drug-likeness (QED) is 0.111. The van der Waals surface area contributed by atoms with Crippen molar-refractivity contribution in [2.45, 2.75) is 71.1 Å². The molecule has 240 valence electrons. The van der Waals surface area contributed by atoms with E-state index in [0.717, 1.165) is 87.6 Å². The minimum Gasteiger partial charge on any atom is -0.493 e. The van der Waals surface area contributed by atoms with Crippen molar-refractivity contribution < 1.29 is 23.7 Å². The molecule has 5 aromatic rings. The highest BCUT2D eigenvalue weighted by atomic mass is 16.5. The molecule has 2 aromatic heterocycles. The van der Waals surface area contributed by atoms with Crippen LogP contribution in [0.5, 0.6) is 5.75 Å². The molecule has 0 spiro atoms. The first-order chi connectivity index (χ1) is 22.7. The number of methoxy groups -OCH3 is 1. The van der Waals surface area contributed by atoms with E-state index in [4.69, 9.17) is 24.0 Å². The number of hydrogen-bond donors (Lipinski definition) is 0. The number of para-hydroxylation sites is 1. The number of carbonyl (C=O) groups excluding carboxylic acids is 1. The zero-order valence-electron chi connectivity index (χ0n) is 26.9. The third kappa shape index (κ3) is 5.92. The van der Waals surface area contributed by atoms with Gasteiger partial charge in [0.25, 0.3) is 0 Å². The second-order valence-electron chi connectivity index (χ2n) is 12.3. The molecule has 2 aliphatic rings. The predicted molar refractivity (Wildman–Crippen MR) is 180 cm³/mol. The van der Waals surface area contributed by atoms with Gasteiger partial charge in [-0.3, -0.25) is 4.68 Å². The van der Waals surface area contributed by atoms with Gasteiger partial charge in [0, 0.05) is 48.1 Å². The Morgan fingerprint density at radius 2 is 1.83 bits per heavy atom. The zero-order valence-corrected chi connectivity index (χ0v) is 26.9. The summed E-state index contributed by atoms with van der Waals surface area (Å²) >= 11 is 0. The lowest BCUT2D eigenvalue weighted by atomic mass is 9.96. The van der Waals surface area contributed by atoms with Crippen LogP contribution < -0.4 is 4.74 Å². The van der Waals surface area contributed by atoms with Crippen molar-refractivity contribution in [1.82, 2.24) is 14.3 Å². The van der Waals surface area contributed by atoms with E-state index < -0.39 is 0 Å². The van der Waals surface area contributed by atoms with Gasteiger partial charge in [-0.15, -0.1) is 0 Å². The highest BCUT2D eigenvalue weighted by molar-refractivity contribution is 6.05. The second-order valence-corrected chi connectivity index (χ2v) is 12.3. The Kier molecular flexibility index (Phi) is 9.08. The van der Waals surface area contributed by atoms with Crippen molar-refractivity contribution in [3.8, 4) is 16.9 Å². The van der Waals surface area contributed by atoms with Gasteiger partial charge in [0.1, 0.15) is 11.4 Å². The zero-order chi connectivity index (χ0) is 31.5. The van der Waals surface area contributed by atoms with Gasteiger partial charge < -0.3 is 23.5 Å². The molecule has 1 fully saturated rings. The number of hydrogen-bond acceptors (Lipinski definition) is 6. The van der Waals surface area contributed by atoms with Crippen LogP contribution in [0.4, 0.5) is 0 Å². The highest BCUT2D eigenvalue weighted by Gasteiger charge is 2.34.